The summed E-state index contributed by atoms with van der Waals surface area (Å²) in [6, 6.07) is 6.71. The van der Waals surface area contributed by atoms with Gasteiger partial charge in [0, 0.05) is 5.69 Å². The lowest BCUT2D eigenvalue weighted by atomic mass is 10.2. The number of nitrogens with zero attached hydrogens (tertiary/aromatic N) is 1. The summed E-state index contributed by atoms with van der Waals surface area (Å²) in [6.07, 6.45) is 0.302. The van der Waals surface area contributed by atoms with Crippen molar-refractivity contribution in [3.8, 4) is 6.07 Å². The van der Waals surface area contributed by atoms with Crippen molar-refractivity contribution in [1.82, 2.24) is 5.32 Å². The van der Waals surface area contributed by atoms with E-state index in [1.807, 2.05) is 6.07 Å². The molecule has 3 N–H and O–H groups in total. The Morgan fingerprint density at radius 2 is 2.00 bits per heavy atom. The van der Waals surface area contributed by atoms with Crippen molar-refractivity contribution in [3.05, 3.63) is 29.8 Å². The van der Waals surface area contributed by atoms with Crippen molar-refractivity contribution >= 4 is 17.7 Å². The number of benzene rings is 1. The fraction of sp³-hybridized carbons (Fsp3) is 0.250. The molecule has 0 saturated heterocycles. The van der Waals surface area contributed by atoms with Gasteiger partial charge in [-0.2, -0.15) is 5.26 Å². The monoisotopic (exact) mass is 247 g/mol. The normalized spacial score (nSPS) is 11.1. The second-order valence-electron chi connectivity index (χ2n) is 3.59. The highest BCUT2D eigenvalue weighted by Gasteiger charge is 2.17. The van der Waals surface area contributed by atoms with Crippen LogP contribution in [0.5, 0.6) is 0 Å². The number of aliphatic carboxylic acids is 1. The van der Waals surface area contributed by atoms with Crippen LogP contribution in [0.4, 0.5) is 10.5 Å². The molecule has 1 aromatic rings. The van der Waals surface area contributed by atoms with E-state index in [1.165, 1.54) is 0 Å². The first-order valence-corrected chi connectivity index (χ1v) is 5.37. The minimum atomic E-state index is -1.08. The molecule has 0 radical (unpaired) electrons. The van der Waals surface area contributed by atoms with E-state index in [-0.39, 0.29) is 0 Å². The van der Waals surface area contributed by atoms with Gasteiger partial charge in [-0.3, -0.25) is 0 Å². The van der Waals surface area contributed by atoms with Crippen LogP contribution in [-0.2, 0) is 4.79 Å². The lowest BCUT2D eigenvalue weighted by Gasteiger charge is -2.13. The molecule has 1 aromatic carbocycles. The molecule has 0 saturated carbocycles. The van der Waals surface area contributed by atoms with E-state index in [4.69, 9.17) is 10.4 Å². The van der Waals surface area contributed by atoms with Gasteiger partial charge in [-0.25, -0.2) is 9.59 Å². The Bertz CT molecular complexity index is 476. The highest BCUT2D eigenvalue weighted by molar-refractivity contribution is 5.92. The Balaban J connectivity index is 2.59. The van der Waals surface area contributed by atoms with Gasteiger partial charge in [0.1, 0.15) is 6.04 Å². The maximum Gasteiger partial charge on any atom is 0.326 e. The molecule has 6 nitrogen and oxygen atoms in total. The second-order valence-corrected chi connectivity index (χ2v) is 3.59. The molecule has 0 aliphatic heterocycles. The van der Waals surface area contributed by atoms with Crippen LogP contribution < -0.4 is 10.6 Å². The number of rotatable bonds is 4. The van der Waals surface area contributed by atoms with E-state index >= 15 is 0 Å². The third kappa shape index (κ3) is 3.79. The molecule has 18 heavy (non-hydrogen) atoms. The topological polar surface area (TPSA) is 102 Å². The highest BCUT2D eigenvalue weighted by atomic mass is 16.4. The third-order valence-corrected chi connectivity index (χ3v) is 2.28. The van der Waals surface area contributed by atoms with Crippen molar-refractivity contribution in [1.29, 1.82) is 5.26 Å². The Labute approximate surface area is 104 Å². The summed E-state index contributed by atoms with van der Waals surface area (Å²) >= 11 is 0. The Hall–Kier alpha value is -2.55. The fourth-order valence-electron chi connectivity index (χ4n) is 1.29. The zero-order valence-electron chi connectivity index (χ0n) is 9.80. The van der Waals surface area contributed by atoms with Crippen LogP contribution >= 0.6 is 0 Å². The third-order valence-electron chi connectivity index (χ3n) is 2.28. The number of hydrogen-bond donors (Lipinski definition) is 3. The minimum absolute atomic E-state index is 0.302. The molecule has 0 unspecified atom stereocenters. The van der Waals surface area contributed by atoms with Gasteiger partial charge in [0.25, 0.3) is 0 Å². The van der Waals surface area contributed by atoms with Crippen LogP contribution in [0, 0.1) is 11.3 Å². The second kappa shape index (κ2) is 6.25. The van der Waals surface area contributed by atoms with E-state index in [1.54, 1.807) is 31.2 Å². The van der Waals surface area contributed by atoms with E-state index in [9.17, 15) is 9.59 Å². The van der Waals surface area contributed by atoms with Gasteiger partial charge in [-0.15, -0.1) is 0 Å². The number of carboxylic acids is 1. The number of carboxylic acid groups (broad SMARTS) is 1. The lowest BCUT2D eigenvalue weighted by Crippen LogP contribution is -2.42. The van der Waals surface area contributed by atoms with Crippen LogP contribution in [0.3, 0.4) is 0 Å². The first-order chi connectivity index (χ1) is 8.56. The molecular weight excluding hydrogens is 234 g/mol. The van der Waals surface area contributed by atoms with E-state index in [2.05, 4.69) is 10.6 Å². The summed E-state index contributed by atoms with van der Waals surface area (Å²) in [7, 11) is 0. The number of hydrogen-bond acceptors (Lipinski definition) is 3. The van der Waals surface area contributed by atoms with Gasteiger partial charge in [-0.05, 0) is 30.7 Å². The summed E-state index contributed by atoms with van der Waals surface area (Å²) < 4.78 is 0. The van der Waals surface area contributed by atoms with Gasteiger partial charge in [0.2, 0.25) is 0 Å². The van der Waals surface area contributed by atoms with Crippen molar-refractivity contribution in [3.63, 3.8) is 0 Å². The molecule has 2 amide bonds. The molecule has 94 valence electrons. The summed E-state index contributed by atoms with van der Waals surface area (Å²) in [5.74, 6) is -1.08. The van der Waals surface area contributed by atoms with Crippen LogP contribution in [0.2, 0.25) is 0 Å². The maximum absolute atomic E-state index is 11.5. The standard InChI is InChI=1S/C12H13N3O3/c1-2-10(11(16)17)15-12(18)14-9-5-3-8(7-13)4-6-9/h3-6,10H,2H2,1H3,(H,16,17)(H2,14,15,18)/t10-/m1/s1. The fourth-order valence-corrected chi connectivity index (χ4v) is 1.29. The van der Waals surface area contributed by atoms with Gasteiger partial charge < -0.3 is 15.7 Å². The number of nitrogens with one attached hydrogen (secondary N) is 2. The average molecular weight is 247 g/mol. The molecule has 1 atom stereocenters. The number of nitriles is 1. The van der Waals surface area contributed by atoms with Gasteiger partial charge in [0.15, 0.2) is 0 Å². The molecule has 0 heterocycles. The molecule has 0 spiro atoms. The van der Waals surface area contributed by atoms with Crippen LogP contribution in [0.15, 0.2) is 24.3 Å². The molecular formula is C12H13N3O3. The molecule has 0 aromatic heterocycles. The van der Waals surface area contributed by atoms with Crippen molar-refractivity contribution in [2.45, 2.75) is 19.4 Å². The number of carbonyl (C=O) groups excluding carboxylic acids is 1. The van der Waals surface area contributed by atoms with Crippen LogP contribution in [0.25, 0.3) is 0 Å². The summed E-state index contributed by atoms with van der Waals surface area (Å²) in [6.45, 7) is 1.67. The largest absolute Gasteiger partial charge is 0.480 e. The van der Waals surface area contributed by atoms with Gasteiger partial charge >= 0.3 is 12.0 Å². The quantitative estimate of drug-likeness (QED) is 0.750. The zero-order chi connectivity index (χ0) is 13.5. The van der Waals surface area contributed by atoms with Crippen molar-refractivity contribution in [2.24, 2.45) is 0 Å². The number of amides is 2. The summed E-state index contributed by atoms with van der Waals surface area (Å²) in [4.78, 5) is 22.2. The van der Waals surface area contributed by atoms with E-state index < -0.39 is 18.0 Å². The lowest BCUT2D eigenvalue weighted by molar-refractivity contribution is -0.139. The molecule has 0 aliphatic carbocycles. The van der Waals surface area contributed by atoms with E-state index in [0.29, 0.717) is 17.7 Å². The number of urea groups is 1. The van der Waals surface area contributed by atoms with Crippen LogP contribution in [0.1, 0.15) is 18.9 Å². The minimum Gasteiger partial charge on any atom is -0.480 e. The first-order valence-electron chi connectivity index (χ1n) is 5.37. The van der Waals surface area contributed by atoms with E-state index in [0.717, 1.165) is 0 Å². The molecule has 1 rings (SSSR count). The predicted molar refractivity (Wildman–Crippen MR) is 65.0 cm³/mol. The van der Waals surface area contributed by atoms with Crippen LogP contribution in [-0.4, -0.2) is 23.1 Å². The molecule has 0 aliphatic rings. The highest BCUT2D eigenvalue weighted by Crippen LogP contribution is 2.08. The number of anilines is 1. The van der Waals surface area contributed by atoms with Crippen molar-refractivity contribution in [2.75, 3.05) is 5.32 Å². The van der Waals surface area contributed by atoms with Crippen molar-refractivity contribution < 1.29 is 14.7 Å². The number of carbonyl (C=O) groups is 2. The molecule has 6 heteroatoms. The van der Waals surface area contributed by atoms with Gasteiger partial charge in [-0.1, -0.05) is 6.92 Å². The van der Waals surface area contributed by atoms with Gasteiger partial charge in [0.05, 0.1) is 11.6 Å². The summed E-state index contributed by atoms with van der Waals surface area (Å²) in [5.41, 5.74) is 0.977. The average Bonchev–Trinajstić information content (AvgIpc) is 2.36. The first kappa shape index (κ1) is 13.5. The Morgan fingerprint density at radius 3 is 2.44 bits per heavy atom. The maximum atomic E-state index is 11.5. The molecule has 0 fully saturated rings. The predicted octanol–water partition coefficient (Wildman–Crippen LogP) is 1.54. The smallest absolute Gasteiger partial charge is 0.326 e. The Morgan fingerprint density at radius 1 is 1.39 bits per heavy atom. The Kier molecular flexibility index (Phi) is 4.69. The summed E-state index contributed by atoms with van der Waals surface area (Å²) in [5, 5.41) is 22.2. The molecule has 0 bridgehead atoms. The SMILES string of the molecule is CC[C@@H](NC(=O)Nc1ccc(C#N)cc1)C(=O)O. The zero-order valence-corrected chi connectivity index (χ0v) is 9.80.